The number of ether oxygens (including phenoxy) is 2. The minimum atomic E-state index is -0.401. The molecule has 3 nitrogen and oxygen atoms in total. The quantitative estimate of drug-likeness (QED) is 0.580. The third kappa shape index (κ3) is 3.41. The standard InChI is InChI=1S/C18H12Cl2O3/c1-22-14-5-3-12(4-6-14)17-10-13(18(21)23-17)8-11-2-7-15(19)16(20)9-11/h2-10H,1H3/b13-8+. The minimum absolute atomic E-state index is 0.401. The summed E-state index contributed by atoms with van der Waals surface area (Å²) < 4.78 is 10.4. The number of carbonyl (C=O) groups is 1. The molecule has 2 aromatic rings. The van der Waals surface area contributed by atoms with Crippen LogP contribution in [-0.2, 0) is 9.53 Å². The maximum atomic E-state index is 12.0. The molecule has 0 radical (unpaired) electrons. The first-order valence-corrected chi connectivity index (χ1v) is 7.57. The fourth-order valence-corrected chi connectivity index (χ4v) is 2.47. The molecule has 0 aromatic heterocycles. The Morgan fingerprint density at radius 3 is 2.43 bits per heavy atom. The molecule has 0 atom stereocenters. The largest absolute Gasteiger partial charge is 0.497 e. The fourth-order valence-electron chi connectivity index (χ4n) is 2.17. The van der Waals surface area contributed by atoms with Crippen LogP contribution in [0.15, 0.2) is 54.1 Å². The van der Waals surface area contributed by atoms with Crippen LogP contribution in [0.5, 0.6) is 5.75 Å². The predicted molar refractivity (Wildman–Crippen MR) is 91.5 cm³/mol. The van der Waals surface area contributed by atoms with Crippen LogP contribution in [0, 0.1) is 0 Å². The Morgan fingerprint density at radius 2 is 1.78 bits per heavy atom. The van der Waals surface area contributed by atoms with Gasteiger partial charge in [0, 0.05) is 5.56 Å². The molecule has 0 amide bonds. The summed E-state index contributed by atoms with van der Waals surface area (Å²) in [6.45, 7) is 0. The van der Waals surface area contributed by atoms with Gasteiger partial charge in [0.1, 0.15) is 11.5 Å². The van der Waals surface area contributed by atoms with Crippen LogP contribution < -0.4 is 4.74 Å². The lowest BCUT2D eigenvalue weighted by Crippen LogP contribution is -1.97. The van der Waals surface area contributed by atoms with Gasteiger partial charge >= 0.3 is 5.97 Å². The van der Waals surface area contributed by atoms with Crippen molar-refractivity contribution in [3.63, 3.8) is 0 Å². The molecule has 0 N–H and O–H groups in total. The van der Waals surface area contributed by atoms with Crippen molar-refractivity contribution in [2.24, 2.45) is 0 Å². The second-order valence-corrected chi connectivity index (χ2v) is 5.71. The zero-order chi connectivity index (χ0) is 16.4. The average molecular weight is 347 g/mol. The summed E-state index contributed by atoms with van der Waals surface area (Å²) in [7, 11) is 1.60. The third-order valence-electron chi connectivity index (χ3n) is 3.37. The molecule has 0 saturated heterocycles. The molecule has 23 heavy (non-hydrogen) atoms. The van der Waals surface area contributed by atoms with Crippen molar-refractivity contribution < 1.29 is 14.3 Å². The summed E-state index contributed by atoms with van der Waals surface area (Å²) in [6.07, 6.45) is 3.41. The second kappa shape index (κ2) is 6.49. The number of esters is 1. The van der Waals surface area contributed by atoms with E-state index in [4.69, 9.17) is 32.7 Å². The molecule has 2 aromatic carbocycles. The van der Waals surface area contributed by atoms with Crippen LogP contribution in [-0.4, -0.2) is 13.1 Å². The number of cyclic esters (lactones) is 1. The Hall–Kier alpha value is -2.23. The lowest BCUT2D eigenvalue weighted by Gasteiger charge is -2.03. The van der Waals surface area contributed by atoms with Crippen molar-refractivity contribution in [2.75, 3.05) is 7.11 Å². The van der Waals surface area contributed by atoms with E-state index < -0.39 is 5.97 Å². The van der Waals surface area contributed by atoms with Crippen molar-refractivity contribution in [2.45, 2.75) is 0 Å². The molecule has 1 heterocycles. The van der Waals surface area contributed by atoms with E-state index in [9.17, 15) is 4.79 Å². The van der Waals surface area contributed by atoms with Gasteiger partial charge in [0.25, 0.3) is 0 Å². The molecule has 0 unspecified atom stereocenters. The Bertz CT molecular complexity index is 821. The molecule has 1 aliphatic rings. The van der Waals surface area contributed by atoms with Crippen LogP contribution >= 0.6 is 23.2 Å². The smallest absolute Gasteiger partial charge is 0.343 e. The second-order valence-electron chi connectivity index (χ2n) is 4.90. The molecular formula is C18H12Cl2O3. The third-order valence-corrected chi connectivity index (χ3v) is 4.10. The van der Waals surface area contributed by atoms with Crippen LogP contribution in [0.1, 0.15) is 11.1 Å². The van der Waals surface area contributed by atoms with Crippen molar-refractivity contribution in [1.29, 1.82) is 0 Å². The van der Waals surface area contributed by atoms with Crippen LogP contribution in [0.25, 0.3) is 11.8 Å². The first-order valence-electron chi connectivity index (χ1n) is 6.82. The number of halogens is 2. The van der Waals surface area contributed by atoms with Crippen LogP contribution in [0.2, 0.25) is 10.0 Å². The van der Waals surface area contributed by atoms with E-state index >= 15 is 0 Å². The Kier molecular flexibility index (Phi) is 4.42. The molecule has 0 bridgehead atoms. The van der Waals surface area contributed by atoms with E-state index in [1.807, 2.05) is 24.3 Å². The zero-order valence-electron chi connectivity index (χ0n) is 12.2. The molecule has 1 aliphatic heterocycles. The van der Waals surface area contributed by atoms with Crippen LogP contribution in [0.3, 0.4) is 0 Å². The summed E-state index contributed by atoms with van der Waals surface area (Å²) >= 11 is 11.9. The van der Waals surface area contributed by atoms with Gasteiger partial charge in [-0.25, -0.2) is 4.79 Å². The Morgan fingerprint density at radius 1 is 1.04 bits per heavy atom. The summed E-state index contributed by atoms with van der Waals surface area (Å²) in [5.41, 5.74) is 2.03. The van der Waals surface area contributed by atoms with Gasteiger partial charge in [0.05, 0.1) is 22.7 Å². The summed E-state index contributed by atoms with van der Waals surface area (Å²) in [6, 6.07) is 12.5. The number of benzene rings is 2. The number of hydrogen-bond donors (Lipinski definition) is 0. The van der Waals surface area contributed by atoms with Gasteiger partial charge in [-0.05, 0) is 54.1 Å². The Labute approximate surface area is 143 Å². The molecule has 3 rings (SSSR count). The van der Waals surface area contributed by atoms with Gasteiger partial charge in [0.2, 0.25) is 0 Å². The molecular weight excluding hydrogens is 335 g/mol. The SMILES string of the molecule is COc1ccc(C2=C/C(=C\c3ccc(Cl)c(Cl)c3)C(=O)O2)cc1. The highest BCUT2D eigenvalue weighted by molar-refractivity contribution is 6.42. The molecule has 5 heteroatoms. The van der Waals surface area contributed by atoms with Gasteiger partial charge in [-0.15, -0.1) is 0 Å². The van der Waals surface area contributed by atoms with Crippen molar-refractivity contribution in [3.8, 4) is 5.75 Å². The van der Waals surface area contributed by atoms with E-state index in [-0.39, 0.29) is 0 Å². The van der Waals surface area contributed by atoms with Gasteiger partial charge in [-0.2, -0.15) is 0 Å². The monoisotopic (exact) mass is 346 g/mol. The highest BCUT2D eigenvalue weighted by Crippen LogP contribution is 2.29. The lowest BCUT2D eigenvalue weighted by molar-refractivity contribution is -0.130. The molecule has 0 fully saturated rings. The first-order chi connectivity index (χ1) is 11.1. The van der Waals surface area contributed by atoms with E-state index in [2.05, 4.69) is 0 Å². The predicted octanol–water partition coefficient (Wildman–Crippen LogP) is 4.98. The molecule has 0 spiro atoms. The van der Waals surface area contributed by atoms with E-state index in [0.717, 1.165) is 16.9 Å². The number of hydrogen-bond acceptors (Lipinski definition) is 3. The molecule has 0 saturated carbocycles. The van der Waals surface area contributed by atoms with E-state index in [0.29, 0.717) is 21.4 Å². The van der Waals surface area contributed by atoms with Crippen molar-refractivity contribution in [1.82, 2.24) is 0 Å². The first kappa shape index (κ1) is 15.7. The minimum Gasteiger partial charge on any atom is -0.497 e. The Balaban J connectivity index is 1.90. The zero-order valence-corrected chi connectivity index (χ0v) is 13.7. The molecule has 116 valence electrons. The van der Waals surface area contributed by atoms with Gasteiger partial charge in [0.15, 0.2) is 0 Å². The van der Waals surface area contributed by atoms with Gasteiger partial charge in [-0.1, -0.05) is 29.3 Å². The summed E-state index contributed by atoms with van der Waals surface area (Å²) in [5, 5.41) is 0.906. The fraction of sp³-hybridized carbons (Fsp3) is 0.0556. The lowest BCUT2D eigenvalue weighted by atomic mass is 10.1. The number of carbonyl (C=O) groups excluding carboxylic acids is 1. The highest BCUT2D eigenvalue weighted by Gasteiger charge is 2.22. The van der Waals surface area contributed by atoms with Crippen molar-refractivity contribution >= 4 is 41.0 Å². The normalized spacial score (nSPS) is 15.5. The maximum absolute atomic E-state index is 12.0. The van der Waals surface area contributed by atoms with E-state index in [1.165, 1.54) is 0 Å². The summed E-state index contributed by atoms with van der Waals surface area (Å²) in [5.74, 6) is 0.844. The van der Waals surface area contributed by atoms with Gasteiger partial charge < -0.3 is 9.47 Å². The topological polar surface area (TPSA) is 35.5 Å². The molecule has 0 aliphatic carbocycles. The number of rotatable bonds is 3. The average Bonchev–Trinajstić information content (AvgIpc) is 2.92. The maximum Gasteiger partial charge on any atom is 0.343 e. The summed E-state index contributed by atoms with van der Waals surface area (Å²) in [4.78, 5) is 12.0. The van der Waals surface area contributed by atoms with Crippen LogP contribution in [0.4, 0.5) is 0 Å². The van der Waals surface area contributed by atoms with E-state index in [1.54, 1.807) is 37.5 Å². The van der Waals surface area contributed by atoms with Crippen molar-refractivity contribution in [3.05, 3.63) is 75.3 Å². The highest BCUT2D eigenvalue weighted by atomic mass is 35.5. The van der Waals surface area contributed by atoms with Gasteiger partial charge in [-0.3, -0.25) is 0 Å². The number of methoxy groups -OCH3 is 1.